The summed E-state index contributed by atoms with van der Waals surface area (Å²) in [7, 11) is -3.60. The van der Waals surface area contributed by atoms with Gasteiger partial charge < -0.3 is 5.11 Å². The summed E-state index contributed by atoms with van der Waals surface area (Å²) in [6.07, 6.45) is 1.13. The third-order valence-electron chi connectivity index (χ3n) is 3.13. The molecule has 0 aliphatic carbocycles. The van der Waals surface area contributed by atoms with E-state index in [4.69, 9.17) is 10.4 Å². The second kappa shape index (κ2) is 5.24. The molecule has 1 atom stereocenters. The number of nitrogens with zero attached hydrogens (tertiary/aromatic N) is 2. The van der Waals surface area contributed by atoms with Gasteiger partial charge in [0.05, 0.1) is 17.2 Å². The minimum absolute atomic E-state index is 0.183. The Morgan fingerprint density at radius 2 is 2.17 bits per heavy atom. The zero-order chi connectivity index (χ0) is 14.0. The fourth-order valence-electron chi connectivity index (χ4n) is 1.88. The van der Waals surface area contributed by atoms with Crippen molar-refractivity contribution < 1.29 is 18.3 Å². The number of carbonyl (C=O) groups is 1. The average Bonchev–Trinajstić information content (AvgIpc) is 2.76. The number of hydrogen-bond acceptors (Lipinski definition) is 4. The summed E-state index contributed by atoms with van der Waals surface area (Å²) in [5, 5.41) is 17.8. The van der Waals surface area contributed by atoms with Crippen molar-refractivity contribution in [3.05, 3.63) is 0 Å². The molecule has 0 aromatic heterocycles. The van der Waals surface area contributed by atoms with Crippen LogP contribution in [0.3, 0.4) is 0 Å². The van der Waals surface area contributed by atoms with E-state index < -0.39 is 27.4 Å². The first-order valence-corrected chi connectivity index (χ1v) is 7.44. The van der Waals surface area contributed by atoms with Crippen molar-refractivity contribution in [2.24, 2.45) is 5.41 Å². The summed E-state index contributed by atoms with van der Waals surface area (Å²) in [5.41, 5.74) is -0.717. The van der Waals surface area contributed by atoms with Crippen molar-refractivity contribution in [3.63, 3.8) is 0 Å². The van der Waals surface area contributed by atoms with Crippen LogP contribution in [0, 0.1) is 16.7 Å². The Labute approximate surface area is 107 Å². The molecule has 1 aliphatic rings. The minimum Gasteiger partial charge on any atom is -0.480 e. The molecule has 6 nitrogen and oxygen atoms in total. The van der Waals surface area contributed by atoms with E-state index >= 15 is 0 Å². The Morgan fingerprint density at radius 1 is 1.56 bits per heavy atom. The highest BCUT2D eigenvalue weighted by atomic mass is 32.2. The van der Waals surface area contributed by atoms with Gasteiger partial charge in [0.15, 0.2) is 0 Å². The predicted octanol–water partition coefficient (Wildman–Crippen LogP) is 0.805. The van der Waals surface area contributed by atoms with E-state index in [9.17, 15) is 13.2 Å². The lowest BCUT2D eigenvalue weighted by Crippen LogP contribution is -2.42. The third-order valence-corrected chi connectivity index (χ3v) is 5.01. The van der Waals surface area contributed by atoms with Gasteiger partial charge in [-0.3, -0.25) is 4.79 Å². The van der Waals surface area contributed by atoms with Crippen LogP contribution in [-0.4, -0.2) is 42.1 Å². The van der Waals surface area contributed by atoms with E-state index in [1.165, 1.54) is 0 Å². The molecule has 0 unspecified atom stereocenters. The molecule has 0 spiro atoms. The number of carboxylic acids is 1. The molecule has 102 valence electrons. The largest absolute Gasteiger partial charge is 0.480 e. The van der Waals surface area contributed by atoms with Crippen molar-refractivity contribution in [2.45, 2.75) is 39.2 Å². The van der Waals surface area contributed by atoms with Crippen LogP contribution >= 0.6 is 0 Å². The summed E-state index contributed by atoms with van der Waals surface area (Å²) >= 11 is 0. The second-order valence-corrected chi connectivity index (χ2v) is 7.21. The molecule has 1 rings (SSSR count). The number of rotatable bonds is 5. The highest BCUT2D eigenvalue weighted by Gasteiger charge is 2.39. The van der Waals surface area contributed by atoms with Gasteiger partial charge in [0, 0.05) is 6.54 Å². The average molecular weight is 274 g/mol. The summed E-state index contributed by atoms with van der Waals surface area (Å²) in [6.45, 7) is 3.59. The zero-order valence-electron chi connectivity index (χ0n) is 10.6. The van der Waals surface area contributed by atoms with Crippen LogP contribution in [0.1, 0.15) is 33.1 Å². The van der Waals surface area contributed by atoms with Crippen LogP contribution in [0.5, 0.6) is 0 Å². The molecule has 1 fully saturated rings. The summed E-state index contributed by atoms with van der Waals surface area (Å²) in [5.74, 6) is -1.28. The molecule has 0 aromatic carbocycles. The van der Waals surface area contributed by atoms with Gasteiger partial charge in [-0.05, 0) is 33.1 Å². The Kier molecular flexibility index (Phi) is 4.35. The maximum atomic E-state index is 12.1. The smallest absolute Gasteiger partial charge is 0.322 e. The fraction of sp³-hybridized carbons (Fsp3) is 0.818. The quantitative estimate of drug-likeness (QED) is 0.799. The van der Waals surface area contributed by atoms with Crippen LogP contribution < -0.4 is 0 Å². The lowest BCUT2D eigenvalue weighted by Gasteiger charge is -2.23. The predicted molar refractivity (Wildman–Crippen MR) is 65.2 cm³/mol. The van der Waals surface area contributed by atoms with Gasteiger partial charge in [0.1, 0.15) is 6.04 Å². The van der Waals surface area contributed by atoms with Gasteiger partial charge in [0.25, 0.3) is 0 Å². The Balaban J connectivity index is 2.76. The van der Waals surface area contributed by atoms with E-state index in [1.807, 2.05) is 6.07 Å². The van der Waals surface area contributed by atoms with E-state index in [0.29, 0.717) is 12.8 Å². The molecule has 0 radical (unpaired) electrons. The third kappa shape index (κ3) is 3.43. The Hall–Kier alpha value is -1.13. The van der Waals surface area contributed by atoms with E-state index in [1.54, 1.807) is 13.8 Å². The summed E-state index contributed by atoms with van der Waals surface area (Å²) < 4.78 is 25.2. The van der Waals surface area contributed by atoms with Gasteiger partial charge in [-0.2, -0.15) is 9.57 Å². The molecular weight excluding hydrogens is 256 g/mol. The molecule has 1 N–H and O–H groups in total. The van der Waals surface area contributed by atoms with Gasteiger partial charge in [-0.25, -0.2) is 8.42 Å². The van der Waals surface area contributed by atoms with Crippen LogP contribution in [0.4, 0.5) is 0 Å². The van der Waals surface area contributed by atoms with Gasteiger partial charge in [0.2, 0.25) is 10.0 Å². The van der Waals surface area contributed by atoms with E-state index in [-0.39, 0.29) is 18.7 Å². The summed E-state index contributed by atoms with van der Waals surface area (Å²) in [4.78, 5) is 11.0. The highest BCUT2D eigenvalue weighted by molar-refractivity contribution is 7.89. The Bertz CT molecular complexity index is 464. The van der Waals surface area contributed by atoms with Crippen LogP contribution in [0.25, 0.3) is 0 Å². The van der Waals surface area contributed by atoms with E-state index in [2.05, 4.69) is 0 Å². The van der Waals surface area contributed by atoms with Crippen LogP contribution in [-0.2, 0) is 14.8 Å². The topological polar surface area (TPSA) is 98.5 Å². The molecule has 0 saturated carbocycles. The first-order chi connectivity index (χ1) is 8.19. The normalized spacial score (nSPS) is 21.7. The lowest BCUT2D eigenvalue weighted by molar-refractivity contribution is -0.140. The van der Waals surface area contributed by atoms with Crippen molar-refractivity contribution in [1.82, 2.24) is 4.31 Å². The van der Waals surface area contributed by atoms with Crippen molar-refractivity contribution in [2.75, 3.05) is 12.3 Å². The maximum absolute atomic E-state index is 12.1. The molecule has 7 heteroatoms. The number of aliphatic carboxylic acids is 1. The number of nitriles is 1. The SMILES string of the molecule is CC(C)(C#N)CCS(=O)(=O)N1CCC[C@@H]1C(=O)O. The Morgan fingerprint density at radius 3 is 2.67 bits per heavy atom. The van der Waals surface area contributed by atoms with Crippen LogP contribution in [0.15, 0.2) is 0 Å². The lowest BCUT2D eigenvalue weighted by atomic mass is 9.93. The summed E-state index contributed by atoms with van der Waals surface area (Å²) in [6, 6.07) is 1.09. The highest BCUT2D eigenvalue weighted by Crippen LogP contribution is 2.25. The first-order valence-electron chi connectivity index (χ1n) is 5.83. The van der Waals surface area contributed by atoms with Crippen molar-refractivity contribution in [1.29, 1.82) is 5.26 Å². The monoisotopic (exact) mass is 274 g/mol. The van der Waals surface area contributed by atoms with Gasteiger partial charge in [-0.1, -0.05) is 0 Å². The molecular formula is C11H18N2O4S. The van der Waals surface area contributed by atoms with Gasteiger partial charge >= 0.3 is 5.97 Å². The molecule has 1 saturated heterocycles. The molecule has 1 aliphatic heterocycles. The molecule has 18 heavy (non-hydrogen) atoms. The number of sulfonamides is 1. The molecule has 1 heterocycles. The fourth-order valence-corrected chi connectivity index (χ4v) is 3.87. The van der Waals surface area contributed by atoms with Crippen LogP contribution in [0.2, 0.25) is 0 Å². The minimum atomic E-state index is -3.60. The number of hydrogen-bond donors (Lipinski definition) is 1. The maximum Gasteiger partial charge on any atom is 0.322 e. The zero-order valence-corrected chi connectivity index (χ0v) is 11.4. The molecule has 0 bridgehead atoms. The number of carboxylic acid groups (broad SMARTS) is 1. The van der Waals surface area contributed by atoms with E-state index in [0.717, 1.165) is 4.31 Å². The van der Waals surface area contributed by atoms with Gasteiger partial charge in [-0.15, -0.1) is 0 Å². The molecule has 0 amide bonds. The van der Waals surface area contributed by atoms with Crippen molar-refractivity contribution >= 4 is 16.0 Å². The molecule has 0 aromatic rings. The second-order valence-electron chi connectivity index (χ2n) is 5.17. The first kappa shape index (κ1) is 14.9. The van der Waals surface area contributed by atoms with Crippen molar-refractivity contribution in [3.8, 4) is 6.07 Å². The standard InChI is InChI=1S/C11H18N2O4S/c1-11(2,8-12)5-7-18(16,17)13-6-3-4-9(13)10(14)15/h9H,3-7H2,1-2H3,(H,14,15)/t9-/m1/s1.